The summed E-state index contributed by atoms with van der Waals surface area (Å²) in [6.07, 6.45) is 0. The van der Waals surface area contributed by atoms with Crippen LogP contribution in [0.15, 0.2) is 30.3 Å². The molecule has 2 atom stereocenters. The zero-order chi connectivity index (χ0) is 14.4. The smallest absolute Gasteiger partial charge is 0.329 e. The van der Waals surface area contributed by atoms with E-state index in [2.05, 4.69) is 5.32 Å². The van der Waals surface area contributed by atoms with Gasteiger partial charge in [-0.25, -0.2) is 4.79 Å². The van der Waals surface area contributed by atoms with Crippen molar-refractivity contribution in [2.45, 2.75) is 32.7 Å². The summed E-state index contributed by atoms with van der Waals surface area (Å²) in [5.74, 6) is -0.578. The molecule has 0 fully saturated rings. The van der Waals surface area contributed by atoms with E-state index in [9.17, 15) is 9.59 Å². The predicted molar refractivity (Wildman–Crippen MR) is 73.6 cm³/mol. The Morgan fingerprint density at radius 2 is 1.74 bits per heavy atom. The van der Waals surface area contributed by atoms with Crippen molar-refractivity contribution >= 4 is 11.9 Å². The van der Waals surface area contributed by atoms with Gasteiger partial charge < -0.3 is 10.1 Å². The Labute approximate surface area is 114 Å². The molecule has 0 aliphatic heterocycles. The minimum atomic E-state index is -0.662. The second-order valence-electron chi connectivity index (χ2n) is 4.88. The molecule has 1 amide bonds. The molecular weight excluding hydrogens is 242 g/mol. The number of esters is 1. The molecule has 0 heterocycles. The van der Waals surface area contributed by atoms with Crippen molar-refractivity contribution in [3.8, 4) is 0 Å². The lowest BCUT2D eigenvalue weighted by molar-refractivity contribution is -0.146. The zero-order valence-electron chi connectivity index (χ0n) is 11.8. The molecule has 104 valence electrons. The molecule has 1 aromatic carbocycles. The lowest BCUT2D eigenvalue weighted by Gasteiger charge is -2.29. The fourth-order valence-electron chi connectivity index (χ4n) is 2.28. The van der Waals surface area contributed by atoms with E-state index in [1.807, 2.05) is 44.2 Å². The maximum Gasteiger partial charge on any atom is 0.329 e. The van der Waals surface area contributed by atoms with Crippen LogP contribution in [-0.4, -0.2) is 25.0 Å². The van der Waals surface area contributed by atoms with Gasteiger partial charge in [0, 0.05) is 12.8 Å². The molecule has 0 saturated heterocycles. The number of rotatable bonds is 5. The van der Waals surface area contributed by atoms with Crippen LogP contribution in [0.3, 0.4) is 0 Å². The van der Waals surface area contributed by atoms with E-state index >= 15 is 0 Å². The number of benzene rings is 1. The molecule has 4 heteroatoms. The number of carbonyl (C=O) groups excluding carboxylic acids is 2. The highest BCUT2D eigenvalue weighted by Crippen LogP contribution is 2.28. The van der Waals surface area contributed by atoms with Gasteiger partial charge in [-0.15, -0.1) is 0 Å². The Hall–Kier alpha value is -1.84. The third-order valence-corrected chi connectivity index (χ3v) is 3.08. The third-order valence-electron chi connectivity index (χ3n) is 3.08. The second-order valence-corrected chi connectivity index (χ2v) is 4.88. The molecule has 0 saturated carbocycles. The largest absolute Gasteiger partial charge is 0.467 e. The van der Waals surface area contributed by atoms with Crippen LogP contribution in [0.25, 0.3) is 0 Å². The summed E-state index contributed by atoms with van der Waals surface area (Å²) in [6, 6.07) is 9.03. The number of ether oxygens (including phenoxy) is 1. The van der Waals surface area contributed by atoms with Crippen molar-refractivity contribution in [1.82, 2.24) is 5.32 Å². The quantitative estimate of drug-likeness (QED) is 0.828. The van der Waals surface area contributed by atoms with Gasteiger partial charge in [0.05, 0.1) is 7.11 Å². The van der Waals surface area contributed by atoms with Crippen LogP contribution in [0.5, 0.6) is 0 Å². The fraction of sp³-hybridized carbons (Fsp3) is 0.467. The van der Waals surface area contributed by atoms with E-state index in [1.54, 1.807) is 0 Å². The Kier molecular flexibility index (Phi) is 5.55. The van der Waals surface area contributed by atoms with Gasteiger partial charge in [-0.2, -0.15) is 0 Å². The average molecular weight is 263 g/mol. The number of methoxy groups -OCH3 is 1. The maximum absolute atomic E-state index is 11.9. The topological polar surface area (TPSA) is 55.4 Å². The highest BCUT2D eigenvalue weighted by atomic mass is 16.5. The van der Waals surface area contributed by atoms with Crippen molar-refractivity contribution in [3.63, 3.8) is 0 Å². The molecule has 0 aromatic heterocycles. The number of amides is 1. The first-order chi connectivity index (χ1) is 8.97. The minimum Gasteiger partial charge on any atom is -0.467 e. The molecule has 0 spiro atoms. The van der Waals surface area contributed by atoms with Crippen LogP contribution in [0, 0.1) is 5.92 Å². The van der Waals surface area contributed by atoms with E-state index < -0.39 is 12.0 Å². The lowest BCUT2D eigenvalue weighted by Crippen LogP contribution is -2.46. The molecule has 1 N–H and O–H groups in total. The maximum atomic E-state index is 11.9. The molecule has 0 aliphatic carbocycles. The van der Waals surface area contributed by atoms with E-state index in [0.717, 1.165) is 5.56 Å². The first-order valence-corrected chi connectivity index (χ1v) is 6.37. The SMILES string of the molecule is COC(=O)[C@H](NC(C)=O)[C@@H](c1ccccc1)C(C)C. The summed E-state index contributed by atoms with van der Waals surface area (Å²) in [6.45, 7) is 5.45. The summed E-state index contributed by atoms with van der Waals surface area (Å²) in [4.78, 5) is 23.2. The average Bonchev–Trinajstić information content (AvgIpc) is 2.37. The van der Waals surface area contributed by atoms with Gasteiger partial charge in [-0.05, 0) is 11.5 Å². The molecule has 0 aliphatic rings. The van der Waals surface area contributed by atoms with Crippen LogP contribution < -0.4 is 5.32 Å². The lowest BCUT2D eigenvalue weighted by atomic mass is 9.82. The monoisotopic (exact) mass is 263 g/mol. The van der Waals surface area contributed by atoms with E-state index in [4.69, 9.17) is 4.74 Å². The molecule has 0 bridgehead atoms. The van der Waals surface area contributed by atoms with Crippen LogP contribution in [-0.2, 0) is 14.3 Å². The molecule has 1 aromatic rings. The molecule has 19 heavy (non-hydrogen) atoms. The Morgan fingerprint density at radius 3 is 2.16 bits per heavy atom. The van der Waals surface area contributed by atoms with Gasteiger partial charge in [0.2, 0.25) is 5.91 Å². The van der Waals surface area contributed by atoms with Crippen LogP contribution in [0.2, 0.25) is 0 Å². The van der Waals surface area contributed by atoms with Crippen molar-refractivity contribution in [1.29, 1.82) is 0 Å². The van der Waals surface area contributed by atoms with E-state index in [-0.39, 0.29) is 17.7 Å². The van der Waals surface area contributed by atoms with Gasteiger partial charge in [-0.1, -0.05) is 44.2 Å². The third kappa shape index (κ3) is 4.09. The second kappa shape index (κ2) is 6.92. The Bertz CT molecular complexity index is 428. The molecule has 1 rings (SSSR count). The molecule has 0 unspecified atom stereocenters. The van der Waals surface area contributed by atoms with Crippen molar-refractivity contribution in [3.05, 3.63) is 35.9 Å². The zero-order valence-corrected chi connectivity index (χ0v) is 11.8. The van der Waals surface area contributed by atoms with Gasteiger partial charge in [0.15, 0.2) is 0 Å². The molecular formula is C15H21NO3. The minimum absolute atomic E-state index is 0.113. The van der Waals surface area contributed by atoms with Crippen molar-refractivity contribution < 1.29 is 14.3 Å². The highest BCUT2D eigenvalue weighted by Gasteiger charge is 2.33. The van der Waals surface area contributed by atoms with Crippen molar-refractivity contribution in [2.75, 3.05) is 7.11 Å². The van der Waals surface area contributed by atoms with Gasteiger partial charge >= 0.3 is 5.97 Å². The summed E-state index contributed by atoms with van der Waals surface area (Å²) in [5, 5.41) is 2.70. The fourth-order valence-corrected chi connectivity index (χ4v) is 2.28. The van der Waals surface area contributed by atoms with E-state index in [1.165, 1.54) is 14.0 Å². The molecule has 0 radical (unpaired) electrons. The number of carbonyl (C=O) groups is 2. The number of nitrogens with one attached hydrogen (secondary N) is 1. The first-order valence-electron chi connectivity index (χ1n) is 6.37. The predicted octanol–water partition coefficient (Wildman–Crippen LogP) is 2.10. The summed E-state index contributed by atoms with van der Waals surface area (Å²) < 4.78 is 4.81. The van der Waals surface area contributed by atoms with Crippen LogP contribution in [0.1, 0.15) is 32.3 Å². The number of hydrogen-bond donors (Lipinski definition) is 1. The first kappa shape index (κ1) is 15.2. The highest BCUT2D eigenvalue weighted by molar-refractivity contribution is 5.84. The summed E-state index contributed by atoms with van der Waals surface area (Å²) >= 11 is 0. The Morgan fingerprint density at radius 1 is 1.16 bits per heavy atom. The number of hydrogen-bond acceptors (Lipinski definition) is 3. The van der Waals surface area contributed by atoms with Crippen LogP contribution >= 0.6 is 0 Å². The van der Waals surface area contributed by atoms with Gasteiger partial charge in [-0.3, -0.25) is 4.79 Å². The van der Waals surface area contributed by atoms with Crippen LogP contribution in [0.4, 0.5) is 0 Å². The summed E-state index contributed by atoms with van der Waals surface area (Å²) in [5.41, 5.74) is 1.02. The summed E-state index contributed by atoms with van der Waals surface area (Å²) in [7, 11) is 1.33. The molecule has 4 nitrogen and oxygen atoms in total. The normalized spacial score (nSPS) is 13.7. The van der Waals surface area contributed by atoms with Gasteiger partial charge in [0.1, 0.15) is 6.04 Å². The van der Waals surface area contributed by atoms with Gasteiger partial charge in [0.25, 0.3) is 0 Å². The Balaban J connectivity index is 3.12. The standard InChI is InChI=1S/C15H21NO3/c1-10(2)13(12-8-6-5-7-9-12)14(15(18)19-4)16-11(3)17/h5-10,13-14H,1-4H3,(H,16,17)/t13-,14-/m1/s1. The van der Waals surface area contributed by atoms with E-state index in [0.29, 0.717) is 0 Å². The van der Waals surface area contributed by atoms with Crippen molar-refractivity contribution in [2.24, 2.45) is 5.92 Å².